The van der Waals surface area contributed by atoms with Crippen molar-refractivity contribution in [2.24, 2.45) is 0 Å². The highest BCUT2D eigenvalue weighted by molar-refractivity contribution is 5.92. The molecule has 2 fully saturated rings. The number of aryl methyl sites for hydroxylation is 1. The van der Waals surface area contributed by atoms with Gasteiger partial charge >= 0.3 is 6.09 Å². The Morgan fingerprint density at radius 1 is 1.12 bits per heavy atom. The normalized spacial score (nSPS) is 19.7. The standard InChI is InChI=1S/C34H44FN9O4/c1-20-18-42(33(45)48-34(4,5)6)11-12-43(20)21(2)23-14-25(30(36-16-23)41-24-15-26(35)32(46-7)37-17-24)28-29-31(40-22(3)39-28)44(19-38-29)27-10-8-9-13-47-27/h14-17,19-21,27H,8-13,18H2,1-7H3,(H,36,41)/t20-,21+,27+/m0/s1. The molecule has 1 amide bonds. The van der Waals surface area contributed by atoms with Crippen LogP contribution in [0.2, 0.25) is 0 Å². The first-order valence-corrected chi connectivity index (χ1v) is 16.4. The number of nitrogens with one attached hydrogen (secondary N) is 1. The number of hydrogen-bond acceptors (Lipinski definition) is 11. The minimum atomic E-state index is -0.597. The zero-order chi connectivity index (χ0) is 34.2. The molecular weight excluding hydrogens is 617 g/mol. The van der Waals surface area contributed by atoms with Gasteiger partial charge in [0.15, 0.2) is 11.5 Å². The monoisotopic (exact) mass is 661 g/mol. The third kappa shape index (κ3) is 7.04. The van der Waals surface area contributed by atoms with Crippen molar-refractivity contribution in [2.45, 2.75) is 84.7 Å². The number of halogens is 1. The second kappa shape index (κ2) is 13.6. The summed E-state index contributed by atoms with van der Waals surface area (Å²) in [7, 11) is 1.37. The number of piperazine rings is 1. The van der Waals surface area contributed by atoms with Gasteiger partial charge in [-0.3, -0.25) is 9.47 Å². The van der Waals surface area contributed by atoms with Crippen LogP contribution in [-0.2, 0) is 9.47 Å². The molecule has 6 rings (SSSR count). The number of rotatable bonds is 7. The van der Waals surface area contributed by atoms with Crippen LogP contribution in [0.4, 0.5) is 20.7 Å². The van der Waals surface area contributed by atoms with E-state index < -0.39 is 11.4 Å². The highest BCUT2D eigenvalue weighted by Gasteiger charge is 2.33. The first-order chi connectivity index (χ1) is 22.9. The second-order valence-corrected chi connectivity index (χ2v) is 13.5. The quantitative estimate of drug-likeness (QED) is 0.243. The zero-order valence-corrected chi connectivity index (χ0v) is 28.7. The molecule has 2 saturated heterocycles. The Kier molecular flexibility index (Phi) is 9.48. The summed E-state index contributed by atoms with van der Waals surface area (Å²) in [5, 5.41) is 3.25. The number of imidazole rings is 1. The number of amides is 1. The van der Waals surface area contributed by atoms with E-state index in [9.17, 15) is 9.18 Å². The molecule has 2 aliphatic heterocycles. The van der Waals surface area contributed by atoms with Crippen LogP contribution < -0.4 is 10.1 Å². The number of carbonyl (C=O) groups is 1. The van der Waals surface area contributed by atoms with Crippen molar-refractivity contribution >= 4 is 28.8 Å². The lowest BCUT2D eigenvalue weighted by Crippen LogP contribution is -2.54. The average Bonchev–Trinajstić information content (AvgIpc) is 3.48. The Labute approximate surface area is 279 Å². The number of anilines is 2. The third-order valence-corrected chi connectivity index (χ3v) is 8.74. The van der Waals surface area contributed by atoms with Gasteiger partial charge in [-0.2, -0.15) is 0 Å². The number of carbonyl (C=O) groups excluding carboxylic acids is 1. The van der Waals surface area contributed by atoms with Crippen LogP contribution in [0.5, 0.6) is 5.88 Å². The highest BCUT2D eigenvalue weighted by atomic mass is 19.1. The largest absolute Gasteiger partial charge is 0.479 e. The van der Waals surface area contributed by atoms with Crippen molar-refractivity contribution in [3.8, 4) is 17.1 Å². The van der Waals surface area contributed by atoms with Gasteiger partial charge in [0, 0.05) is 56.2 Å². The Bertz CT molecular complexity index is 1790. The topological polar surface area (TPSA) is 133 Å². The van der Waals surface area contributed by atoms with E-state index in [0.29, 0.717) is 66.0 Å². The first kappa shape index (κ1) is 33.5. The van der Waals surface area contributed by atoms with Gasteiger partial charge in [-0.1, -0.05) is 0 Å². The SMILES string of the molecule is COc1ncc(Nc2ncc([C@@H](C)N3CCN(C(=O)OC(C)(C)C)C[C@@H]3C)cc2-c2nc(C)nc3c2ncn3[C@H]2CCCCO2)cc1F. The van der Waals surface area contributed by atoms with E-state index in [1.54, 1.807) is 11.2 Å². The lowest BCUT2D eigenvalue weighted by molar-refractivity contribution is -0.0298. The maximum atomic E-state index is 14.7. The molecule has 0 unspecified atom stereocenters. The van der Waals surface area contributed by atoms with Crippen LogP contribution in [0.3, 0.4) is 0 Å². The van der Waals surface area contributed by atoms with Crippen molar-refractivity contribution in [3.05, 3.63) is 48.1 Å². The fourth-order valence-corrected chi connectivity index (χ4v) is 6.37. The highest BCUT2D eigenvalue weighted by Crippen LogP contribution is 2.37. The summed E-state index contributed by atoms with van der Waals surface area (Å²) in [4.78, 5) is 40.3. The number of nitrogens with zero attached hydrogens (tertiary/aromatic N) is 8. The van der Waals surface area contributed by atoms with Crippen molar-refractivity contribution in [3.63, 3.8) is 0 Å². The maximum absolute atomic E-state index is 14.7. The van der Waals surface area contributed by atoms with Gasteiger partial charge in [-0.05, 0) is 72.4 Å². The summed E-state index contributed by atoms with van der Waals surface area (Å²) in [6, 6.07) is 3.38. The summed E-state index contributed by atoms with van der Waals surface area (Å²) < 4.78 is 33.3. The molecule has 3 atom stereocenters. The van der Waals surface area contributed by atoms with E-state index in [1.807, 2.05) is 38.5 Å². The molecule has 256 valence electrons. The smallest absolute Gasteiger partial charge is 0.410 e. The number of ether oxygens (including phenoxy) is 3. The van der Waals surface area contributed by atoms with Crippen molar-refractivity contribution in [2.75, 3.05) is 38.7 Å². The van der Waals surface area contributed by atoms with Crippen LogP contribution in [-0.4, -0.2) is 90.4 Å². The molecule has 0 bridgehead atoms. The maximum Gasteiger partial charge on any atom is 0.410 e. The molecule has 13 nitrogen and oxygen atoms in total. The molecule has 0 saturated carbocycles. The number of aromatic nitrogens is 6. The molecule has 14 heteroatoms. The van der Waals surface area contributed by atoms with E-state index in [-0.39, 0.29) is 30.3 Å². The first-order valence-electron chi connectivity index (χ1n) is 16.4. The number of methoxy groups -OCH3 is 1. The van der Waals surface area contributed by atoms with Gasteiger partial charge in [0.25, 0.3) is 0 Å². The Balaban J connectivity index is 1.37. The molecule has 0 radical (unpaired) electrons. The average molecular weight is 662 g/mol. The summed E-state index contributed by atoms with van der Waals surface area (Å²) >= 11 is 0. The fraction of sp³-hybridized carbons (Fsp3) is 0.529. The molecule has 1 N–H and O–H groups in total. The van der Waals surface area contributed by atoms with E-state index in [4.69, 9.17) is 34.1 Å². The molecule has 4 aromatic rings. The van der Waals surface area contributed by atoms with E-state index in [1.165, 1.54) is 19.4 Å². The van der Waals surface area contributed by atoms with Crippen LogP contribution in [0, 0.1) is 12.7 Å². The number of pyridine rings is 2. The molecular formula is C34H44FN9O4. The summed E-state index contributed by atoms with van der Waals surface area (Å²) in [6.45, 7) is 14.2. The Morgan fingerprint density at radius 2 is 1.94 bits per heavy atom. The molecule has 6 heterocycles. The van der Waals surface area contributed by atoms with Gasteiger partial charge in [0.2, 0.25) is 5.88 Å². The van der Waals surface area contributed by atoms with Gasteiger partial charge in [0.1, 0.15) is 34.7 Å². The molecule has 0 spiro atoms. The molecule has 48 heavy (non-hydrogen) atoms. The van der Waals surface area contributed by atoms with Gasteiger partial charge in [0.05, 0.1) is 25.3 Å². The number of hydrogen-bond donors (Lipinski definition) is 1. The van der Waals surface area contributed by atoms with Crippen LogP contribution >= 0.6 is 0 Å². The van der Waals surface area contributed by atoms with Crippen LogP contribution in [0.25, 0.3) is 22.4 Å². The van der Waals surface area contributed by atoms with Crippen molar-refractivity contribution in [1.29, 1.82) is 0 Å². The van der Waals surface area contributed by atoms with E-state index >= 15 is 0 Å². The summed E-state index contributed by atoms with van der Waals surface area (Å²) in [6.07, 6.45) is 7.59. The summed E-state index contributed by atoms with van der Waals surface area (Å²) in [5.74, 6) is 0.342. The lowest BCUT2D eigenvalue weighted by Gasteiger charge is -2.43. The van der Waals surface area contributed by atoms with E-state index in [0.717, 1.165) is 24.8 Å². The minimum absolute atomic E-state index is 0.0483. The predicted molar refractivity (Wildman–Crippen MR) is 179 cm³/mol. The van der Waals surface area contributed by atoms with E-state index in [2.05, 4.69) is 35.1 Å². The molecule has 0 aliphatic carbocycles. The van der Waals surface area contributed by atoms with Crippen LogP contribution in [0.1, 0.15) is 77.5 Å². The second-order valence-electron chi connectivity index (χ2n) is 13.5. The molecule has 2 aliphatic rings. The zero-order valence-electron chi connectivity index (χ0n) is 28.7. The van der Waals surface area contributed by atoms with Gasteiger partial charge < -0.3 is 24.4 Å². The van der Waals surface area contributed by atoms with Crippen LogP contribution in [0.15, 0.2) is 30.9 Å². The third-order valence-electron chi connectivity index (χ3n) is 8.74. The van der Waals surface area contributed by atoms with Gasteiger partial charge in [-0.15, -0.1) is 0 Å². The molecule has 0 aromatic carbocycles. The Hall–Kier alpha value is -4.43. The van der Waals surface area contributed by atoms with Crippen molar-refractivity contribution < 1.29 is 23.4 Å². The summed E-state index contributed by atoms with van der Waals surface area (Å²) in [5.41, 5.74) is 3.37. The number of fused-ring (bicyclic) bond motifs is 1. The molecule has 4 aromatic heterocycles. The minimum Gasteiger partial charge on any atom is -0.479 e. The lowest BCUT2D eigenvalue weighted by atomic mass is 10.0. The van der Waals surface area contributed by atoms with Gasteiger partial charge in [-0.25, -0.2) is 34.1 Å². The predicted octanol–water partition coefficient (Wildman–Crippen LogP) is 6.18. The Morgan fingerprint density at radius 3 is 2.62 bits per heavy atom. The fourth-order valence-electron chi connectivity index (χ4n) is 6.37. The van der Waals surface area contributed by atoms with Crippen molar-refractivity contribution in [1.82, 2.24) is 39.3 Å².